The number of para-hydroxylation sites is 1. The van der Waals surface area contributed by atoms with Crippen LogP contribution in [0.15, 0.2) is 39.9 Å². The van der Waals surface area contributed by atoms with Gasteiger partial charge >= 0.3 is 5.69 Å². The fourth-order valence-electron chi connectivity index (χ4n) is 1.64. The third-order valence-electron chi connectivity index (χ3n) is 2.44. The molecule has 0 saturated heterocycles. The average molecular weight is 306 g/mol. The molecule has 0 aliphatic carbocycles. The van der Waals surface area contributed by atoms with Crippen LogP contribution in [0.1, 0.15) is 0 Å². The number of fused-ring (bicyclic) bond motifs is 1. The molecule has 90 valence electrons. The van der Waals surface area contributed by atoms with E-state index in [-0.39, 0.29) is 0 Å². The van der Waals surface area contributed by atoms with Crippen molar-refractivity contribution in [3.63, 3.8) is 0 Å². The Bertz CT molecular complexity index is 763. The number of anilines is 2. The van der Waals surface area contributed by atoms with Crippen LogP contribution >= 0.6 is 15.9 Å². The van der Waals surface area contributed by atoms with E-state index in [1.54, 1.807) is 0 Å². The summed E-state index contributed by atoms with van der Waals surface area (Å²) in [7, 11) is 0. The van der Waals surface area contributed by atoms with Crippen molar-refractivity contribution in [1.29, 1.82) is 0 Å². The lowest BCUT2D eigenvalue weighted by atomic mass is 10.3. The van der Waals surface area contributed by atoms with E-state index in [0.29, 0.717) is 17.0 Å². The molecule has 0 amide bonds. The summed E-state index contributed by atoms with van der Waals surface area (Å²) in [6.45, 7) is 0. The summed E-state index contributed by atoms with van der Waals surface area (Å²) in [6.07, 6.45) is 1.50. The monoisotopic (exact) mass is 305 g/mol. The molecule has 0 aliphatic rings. The van der Waals surface area contributed by atoms with E-state index < -0.39 is 5.69 Å². The molecule has 6 nitrogen and oxygen atoms in total. The molecule has 3 N–H and O–H groups in total. The lowest BCUT2D eigenvalue weighted by Gasteiger charge is -2.08. The van der Waals surface area contributed by atoms with Crippen LogP contribution in [0.3, 0.4) is 0 Å². The van der Waals surface area contributed by atoms with Gasteiger partial charge in [-0.2, -0.15) is 4.98 Å². The van der Waals surface area contributed by atoms with E-state index in [9.17, 15) is 4.79 Å². The molecule has 0 saturated carbocycles. The third-order valence-corrected chi connectivity index (χ3v) is 3.13. The summed E-state index contributed by atoms with van der Waals surface area (Å²) in [5.74, 6) is 0.536. The van der Waals surface area contributed by atoms with E-state index >= 15 is 0 Å². The second-order valence-corrected chi connectivity index (χ2v) is 4.48. The standard InChI is InChI=1S/C11H8BrN5O/c12-6-3-1-2-4-7(6)15-10-8-9(14-5-13-8)16-11(18)17-10/h1-5H,(H3,13,14,15,16,17,18). The molecule has 0 radical (unpaired) electrons. The van der Waals surface area contributed by atoms with Crippen molar-refractivity contribution < 1.29 is 0 Å². The number of rotatable bonds is 2. The van der Waals surface area contributed by atoms with Gasteiger partial charge in [0, 0.05) is 4.47 Å². The van der Waals surface area contributed by atoms with Crippen LogP contribution in [-0.4, -0.2) is 19.9 Å². The quantitative estimate of drug-likeness (QED) is 0.677. The highest BCUT2D eigenvalue weighted by molar-refractivity contribution is 9.10. The maximum absolute atomic E-state index is 11.4. The van der Waals surface area contributed by atoms with Gasteiger partial charge in [-0.25, -0.2) is 9.78 Å². The number of nitrogens with one attached hydrogen (secondary N) is 3. The molecule has 0 aliphatic heterocycles. The summed E-state index contributed by atoms with van der Waals surface area (Å²) < 4.78 is 0.898. The molecule has 3 rings (SSSR count). The van der Waals surface area contributed by atoms with Crippen molar-refractivity contribution in [2.45, 2.75) is 0 Å². The fourth-order valence-corrected chi connectivity index (χ4v) is 2.02. The van der Waals surface area contributed by atoms with Crippen molar-refractivity contribution >= 4 is 38.6 Å². The Morgan fingerprint density at radius 3 is 2.94 bits per heavy atom. The Morgan fingerprint density at radius 1 is 1.28 bits per heavy atom. The van der Waals surface area contributed by atoms with Gasteiger partial charge in [-0.3, -0.25) is 4.98 Å². The normalized spacial score (nSPS) is 10.7. The van der Waals surface area contributed by atoms with Crippen LogP contribution in [0.2, 0.25) is 0 Å². The molecule has 0 bridgehead atoms. The molecule has 7 heteroatoms. The van der Waals surface area contributed by atoms with Crippen LogP contribution in [0.25, 0.3) is 11.2 Å². The molecular formula is C11H8BrN5O. The third kappa shape index (κ3) is 1.88. The molecule has 0 fully saturated rings. The van der Waals surface area contributed by atoms with Gasteiger partial charge in [-0.05, 0) is 28.1 Å². The summed E-state index contributed by atoms with van der Waals surface area (Å²) in [6, 6.07) is 7.61. The first-order chi connectivity index (χ1) is 8.74. The number of benzene rings is 1. The Balaban J connectivity index is 2.13. The lowest BCUT2D eigenvalue weighted by molar-refractivity contribution is 1.11. The molecule has 0 atom stereocenters. The first-order valence-electron chi connectivity index (χ1n) is 5.19. The van der Waals surface area contributed by atoms with Gasteiger partial charge in [0.1, 0.15) is 11.3 Å². The van der Waals surface area contributed by atoms with E-state index in [1.807, 2.05) is 24.3 Å². The van der Waals surface area contributed by atoms with Crippen molar-refractivity contribution in [3.05, 3.63) is 45.5 Å². The van der Waals surface area contributed by atoms with Crippen molar-refractivity contribution in [2.75, 3.05) is 5.32 Å². The second kappa shape index (κ2) is 4.26. The summed E-state index contributed by atoms with van der Waals surface area (Å²) >= 11 is 3.43. The zero-order valence-corrected chi connectivity index (χ0v) is 10.7. The van der Waals surface area contributed by atoms with Gasteiger partial charge in [0.25, 0.3) is 0 Å². The maximum atomic E-state index is 11.4. The predicted octanol–water partition coefficient (Wildman–Crippen LogP) is 2.15. The number of aromatic nitrogens is 4. The lowest BCUT2D eigenvalue weighted by Crippen LogP contribution is -2.12. The van der Waals surface area contributed by atoms with Gasteiger partial charge in [0.2, 0.25) is 0 Å². The van der Waals surface area contributed by atoms with Crippen LogP contribution < -0.4 is 11.0 Å². The SMILES string of the molecule is O=c1nc2nc[nH]c2c(Nc2ccccc2Br)[nH]1. The predicted molar refractivity (Wildman–Crippen MR) is 71.9 cm³/mol. The van der Waals surface area contributed by atoms with E-state index in [2.05, 4.69) is 41.2 Å². The summed E-state index contributed by atoms with van der Waals surface area (Å²) in [5.41, 5.74) is 1.44. The highest BCUT2D eigenvalue weighted by Crippen LogP contribution is 2.26. The number of nitrogens with zero attached hydrogens (tertiary/aromatic N) is 2. The first kappa shape index (κ1) is 11.0. The number of halogens is 1. The summed E-state index contributed by atoms with van der Waals surface area (Å²) in [5, 5.41) is 3.13. The highest BCUT2D eigenvalue weighted by Gasteiger charge is 2.08. The fraction of sp³-hybridized carbons (Fsp3) is 0. The van der Waals surface area contributed by atoms with Gasteiger partial charge in [-0.15, -0.1) is 0 Å². The maximum Gasteiger partial charge on any atom is 0.348 e. The smallest absolute Gasteiger partial charge is 0.340 e. The molecule has 0 spiro atoms. The van der Waals surface area contributed by atoms with Crippen LogP contribution in [0.5, 0.6) is 0 Å². The molecule has 2 aromatic heterocycles. The van der Waals surface area contributed by atoms with Gasteiger partial charge in [-0.1, -0.05) is 12.1 Å². The Kier molecular flexibility index (Phi) is 2.60. The molecule has 2 heterocycles. The molecular weight excluding hydrogens is 298 g/mol. The van der Waals surface area contributed by atoms with Crippen molar-refractivity contribution in [1.82, 2.24) is 19.9 Å². The number of imidazole rings is 1. The minimum Gasteiger partial charge on any atom is -0.340 e. The number of H-pyrrole nitrogens is 2. The number of hydrogen-bond donors (Lipinski definition) is 3. The van der Waals surface area contributed by atoms with Gasteiger partial charge in [0.15, 0.2) is 5.65 Å². The number of hydrogen-bond acceptors (Lipinski definition) is 4. The minimum absolute atomic E-state index is 0.383. The van der Waals surface area contributed by atoms with Gasteiger partial charge < -0.3 is 10.3 Å². The van der Waals surface area contributed by atoms with E-state index in [4.69, 9.17) is 0 Å². The largest absolute Gasteiger partial charge is 0.348 e. The summed E-state index contributed by atoms with van der Waals surface area (Å²) in [4.78, 5) is 24.7. The topological polar surface area (TPSA) is 86.5 Å². The van der Waals surface area contributed by atoms with Crippen LogP contribution in [-0.2, 0) is 0 Å². The second-order valence-electron chi connectivity index (χ2n) is 3.62. The van der Waals surface area contributed by atoms with Crippen LogP contribution in [0.4, 0.5) is 11.5 Å². The van der Waals surface area contributed by atoms with Gasteiger partial charge in [0.05, 0.1) is 12.0 Å². The molecule has 1 aromatic carbocycles. The minimum atomic E-state index is -0.441. The van der Waals surface area contributed by atoms with E-state index in [0.717, 1.165) is 10.2 Å². The zero-order valence-electron chi connectivity index (χ0n) is 9.07. The van der Waals surface area contributed by atoms with Crippen molar-refractivity contribution in [3.8, 4) is 0 Å². The van der Waals surface area contributed by atoms with Crippen molar-refractivity contribution in [2.24, 2.45) is 0 Å². The first-order valence-corrected chi connectivity index (χ1v) is 5.98. The average Bonchev–Trinajstić information content (AvgIpc) is 2.80. The zero-order chi connectivity index (χ0) is 12.5. The van der Waals surface area contributed by atoms with E-state index in [1.165, 1.54) is 6.33 Å². The molecule has 3 aromatic rings. The van der Waals surface area contributed by atoms with Crippen LogP contribution in [0, 0.1) is 0 Å². The molecule has 0 unspecified atom stereocenters. The Hall–Kier alpha value is -2.15. The molecule has 18 heavy (non-hydrogen) atoms. The number of aromatic amines is 2. The highest BCUT2D eigenvalue weighted by atomic mass is 79.9. The Labute approximate surface area is 110 Å². The Morgan fingerprint density at radius 2 is 2.11 bits per heavy atom.